The molecule has 0 atom stereocenters. The minimum Gasteiger partial charge on any atom is -0.384 e. The molecule has 3 rings (SSSR count). The highest BCUT2D eigenvalue weighted by Crippen LogP contribution is 2.27. The van der Waals surface area contributed by atoms with E-state index < -0.39 is 0 Å². The number of hydrogen-bond acceptors (Lipinski definition) is 2. The Hall–Kier alpha value is -2.93. The SMILES string of the molecule is Cc1cc(SCC=C(C#CCO)c2ccc(-c3ccccc3)cc2)ccc1[O]. The van der Waals surface area contributed by atoms with Crippen LogP contribution in [0.3, 0.4) is 0 Å². The van der Waals surface area contributed by atoms with E-state index >= 15 is 0 Å². The van der Waals surface area contributed by atoms with Gasteiger partial charge in [0, 0.05) is 16.2 Å². The van der Waals surface area contributed by atoms with Gasteiger partial charge in [-0.25, -0.2) is 0 Å². The molecule has 139 valence electrons. The summed E-state index contributed by atoms with van der Waals surface area (Å²) in [7, 11) is 0. The minimum atomic E-state index is -0.170. The van der Waals surface area contributed by atoms with Gasteiger partial charge in [-0.2, -0.15) is 0 Å². The largest absolute Gasteiger partial charge is 0.384 e. The molecular formula is C25H21O2S. The number of allylic oxidation sites excluding steroid dienone is 1. The van der Waals surface area contributed by atoms with Crippen molar-refractivity contribution in [3.63, 3.8) is 0 Å². The third-order valence-electron chi connectivity index (χ3n) is 4.29. The zero-order chi connectivity index (χ0) is 19.8. The van der Waals surface area contributed by atoms with E-state index in [0.717, 1.165) is 32.9 Å². The van der Waals surface area contributed by atoms with Crippen LogP contribution in [0.25, 0.3) is 16.7 Å². The van der Waals surface area contributed by atoms with Gasteiger partial charge < -0.3 is 5.11 Å². The topological polar surface area (TPSA) is 40.1 Å². The van der Waals surface area contributed by atoms with E-state index in [4.69, 9.17) is 5.11 Å². The summed E-state index contributed by atoms with van der Waals surface area (Å²) in [4.78, 5) is 1.06. The molecule has 0 saturated carbocycles. The van der Waals surface area contributed by atoms with Crippen LogP contribution in [0.2, 0.25) is 0 Å². The maximum absolute atomic E-state index is 11.5. The molecule has 2 nitrogen and oxygen atoms in total. The molecule has 0 saturated heterocycles. The zero-order valence-corrected chi connectivity index (χ0v) is 16.5. The molecule has 0 heterocycles. The van der Waals surface area contributed by atoms with Crippen molar-refractivity contribution in [1.82, 2.24) is 0 Å². The summed E-state index contributed by atoms with van der Waals surface area (Å²) in [5.74, 6) is 6.59. The lowest BCUT2D eigenvalue weighted by Crippen LogP contribution is -1.86. The molecule has 0 unspecified atom stereocenters. The smallest absolute Gasteiger partial charge is 0.181 e. The number of aliphatic hydroxyl groups excluding tert-OH is 1. The van der Waals surface area contributed by atoms with E-state index in [2.05, 4.69) is 54.3 Å². The average Bonchev–Trinajstić information content (AvgIpc) is 2.74. The van der Waals surface area contributed by atoms with Crippen LogP contribution in [0.15, 0.2) is 83.8 Å². The molecule has 28 heavy (non-hydrogen) atoms. The Balaban J connectivity index is 1.77. The average molecular weight is 386 g/mol. The maximum Gasteiger partial charge on any atom is 0.181 e. The van der Waals surface area contributed by atoms with Crippen LogP contribution in [0.1, 0.15) is 11.1 Å². The second-order valence-electron chi connectivity index (χ2n) is 6.26. The van der Waals surface area contributed by atoms with Crippen molar-refractivity contribution < 1.29 is 10.2 Å². The molecule has 0 fully saturated rings. The molecule has 0 bridgehead atoms. The first-order valence-corrected chi connectivity index (χ1v) is 10.0. The van der Waals surface area contributed by atoms with Crippen molar-refractivity contribution in [2.45, 2.75) is 11.8 Å². The van der Waals surface area contributed by atoms with Gasteiger partial charge in [0.15, 0.2) is 5.75 Å². The van der Waals surface area contributed by atoms with Gasteiger partial charge in [-0.1, -0.05) is 72.5 Å². The van der Waals surface area contributed by atoms with E-state index in [1.165, 1.54) is 5.56 Å². The molecule has 0 aliphatic heterocycles. The van der Waals surface area contributed by atoms with E-state index in [-0.39, 0.29) is 12.4 Å². The summed E-state index contributed by atoms with van der Waals surface area (Å²) in [6, 6.07) is 23.9. The summed E-state index contributed by atoms with van der Waals surface area (Å²) in [6.07, 6.45) is 2.06. The van der Waals surface area contributed by atoms with Gasteiger partial charge in [0.25, 0.3) is 0 Å². The monoisotopic (exact) mass is 385 g/mol. The molecule has 0 aliphatic carbocycles. The molecule has 0 aliphatic rings. The second kappa shape index (κ2) is 9.85. The van der Waals surface area contributed by atoms with Gasteiger partial charge in [0.2, 0.25) is 0 Å². The highest BCUT2D eigenvalue weighted by molar-refractivity contribution is 7.99. The molecule has 1 radical (unpaired) electrons. The number of hydrogen-bond donors (Lipinski definition) is 1. The summed E-state index contributed by atoms with van der Waals surface area (Å²) in [5, 5.41) is 20.6. The summed E-state index contributed by atoms with van der Waals surface area (Å²) < 4.78 is 0. The third-order valence-corrected chi connectivity index (χ3v) is 5.21. The van der Waals surface area contributed by atoms with Crippen LogP contribution < -0.4 is 0 Å². The van der Waals surface area contributed by atoms with E-state index in [1.54, 1.807) is 17.8 Å². The number of rotatable bonds is 5. The highest BCUT2D eigenvalue weighted by atomic mass is 32.2. The van der Waals surface area contributed by atoms with Crippen LogP contribution in [-0.4, -0.2) is 17.5 Å². The van der Waals surface area contributed by atoms with Crippen LogP contribution in [0, 0.1) is 18.8 Å². The van der Waals surface area contributed by atoms with Crippen molar-refractivity contribution in [2.75, 3.05) is 12.4 Å². The number of aryl methyl sites for hydroxylation is 1. The normalized spacial score (nSPS) is 11.0. The Labute approximate surface area is 170 Å². The summed E-state index contributed by atoms with van der Waals surface area (Å²) >= 11 is 1.65. The molecule has 3 aromatic rings. The predicted molar refractivity (Wildman–Crippen MR) is 117 cm³/mol. The fraction of sp³-hybridized carbons (Fsp3) is 0.120. The predicted octanol–water partition coefficient (Wildman–Crippen LogP) is 5.98. The van der Waals surface area contributed by atoms with Crippen molar-refractivity contribution in [2.24, 2.45) is 0 Å². The van der Waals surface area contributed by atoms with Crippen LogP contribution >= 0.6 is 11.8 Å². The highest BCUT2D eigenvalue weighted by Gasteiger charge is 2.03. The number of thioether (sulfide) groups is 1. The second-order valence-corrected chi connectivity index (χ2v) is 7.35. The van der Waals surface area contributed by atoms with Gasteiger partial charge >= 0.3 is 0 Å². The Morgan fingerprint density at radius 2 is 1.71 bits per heavy atom. The molecule has 1 N–H and O–H groups in total. The molecular weight excluding hydrogens is 364 g/mol. The summed E-state index contributed by atoms with van der Waals surface area (Å²) in [6.45, 7) is 1.66. The third kappa shape index (κ3) is 5.29. The molecule has 0 amide bonds. The van der Waals surface area contributed by atoms with E-state index in [1.807, 2.05) is 37.3 Å². The molecule has 3 heteroatoms. The van der Waals surface area contributed by atoms with Crippen molar-refractivity contribution >= 4 is 17.3 Å². The Kier molecular flexibility index (Phi) is 6.97. The van der Waals surface area contributed by atoms with Crippen LogP contribution in [0.5, 0.6) is 5.75 Å². The first-order chi connectivity index (χ1) is 13.7. The van der Waals surface area contributed by atoms with Gasteiger partial charge in [0.05, 0.1) is 0 Å². The Morgan fingerprint density at radius 3 is 2.39 bits per heavy atom. The first kappa shape index (κ1) is 19.8. The van der Waals surface area contributed by atoms with Gasteiger partial charge in [0.1, 0.15) is 6.61 Å². The zero-order valence-electron chi connectivity index (χ0n) is 15.7. The molecule has 0 aromatic heterocycles. The lowest BCUT2D eigenvalue weighted by atomic mass is 10.0. The van der Waals surface area contributed by atoms with Crippen LogP contribution in [0.4, 0.5) is 0 Å². The van der Waals surface area contributed by atoms with Crippen LogP contribution in [-0.2, 0) is 5.11 Å². The van der Waals surface area contributed by atoms with Gasteiger partial charge in [-0.15, -0.1) is 11.8 Å². The van der Waals surface area contributed by atoms with Crippen molar-refractivity contribution in [3.8, 4) is 28.7 Å². The molecule has 0 spiro atoms. The Bertz CT molecular complexity index is 1010. The number of aliphatic hydroxyl groups is 1. The van der Waals surface area contributed by atoms with Gasteiger partial charge in [-0.3, -0.25) is 5.11 Å². The van der Waals surface area contributed by atoms with E-state index in [0.29, 0.717) is 0 Å². The minimum absolute atomic E-state index is 0.0629. The molecule has 3 aromatic carbocycles. The fourth-order valence-corrected chi connectivity index (χ4v) is 3.65. The number of benzene rings is 3. The Morgan fingerprint density at radius 1 is 1.00 bits per heavy atom. The lowest BCUT2D eigenvalue weighted by Gasteiger charge is -2.06. The quantitative estimate of drug-likeness (QED) is 0.434. The van der Waals surface area contributed by atoms with Gasteiger partial charge in [-0.05, 0) is 47.4 Å². The van der Waals surface area contributed by atoms with Crippen molar-refractivity contribution in [1.29, 1.82) is 0 Å². The lowest BCUT2D eigenvalue weighted by molar-refractivity contribution is 0.350. The fourth-order valence-electron chi connectivity index (χ4n) is 2.78. The van der Waals surface area contributed by atoms with E-state index in [9.17, 15) is 5.11 Å². The standard InChI is InChI=1S/C25H21O2S/c1-19-18-24(13-14-25(19)27)28-17-15-21(8-5-16-26)23-11-9-22(10-12-23)20-6-3-2-4-7-20/h2-4,6-7,9-15,18,26H,16-17H2,1H3. The van der Waals surface area contributed by atoms with Crippen molar-refractivity contribution in [3.05, 3.63) is 90.0 Å². The summed E-state index contributed by atoms with van der Waals surface area (Å²) in [5.41, 5.74) is 4.99. The maximum atomic E-state index is 11.5. The first-order valence-electron chi connectivity index (χ1n) is 9.03.